The number of carbonyl (C=O) groups is 3. The van der Waals surface area contributed by atoms with Crippen molar-refractivity contribution in [1.29, 1.82) is 0 Å². The van der Waals surface area contributed by atoms with Gasteiger partial charge in [-0.2, -0.15) is 4.68 Å². The van der Waals surface area contributed by atoms with Crippen LogP contribution in [0.2, 0.25) is 0 Å². The zero-order valence-corrected chi connectivity index (χ0v) is 14.8. The maximum Gasteiger partial charge on any atom is 0.352 e. The molecule has 11 nitrogen and oxygen atoms in total. The first-order valence-electron chi connectivity index (χ1n) is 7.35. The van der Waals surface area contributed by atoms with Crippen molar-refractivity contribution in [3.8, 4) is 0 Å². The molecule has 3 heterocycles. The van der Waals surface area contributed by atoms with Gasteiger partial charge in [0.15, 0.2) is 0 Å². The number of rotatable bonds is 7. The predicted octanol–water partition coefficient (Wildman–Crippen LogP) is -0.708. The van der Waals surface area contributed by atoms with Crippen molar-refractivity contribution in [3.05, 3.63) is 17.3 Å². The molecule has 0 spiro atoms. The molecule has 0 bridgehead atoms. The van der Waals surface area contributed by atoms with Crippen LogP contribution >= 0.6 is 23.5 Å². The topological polar surface area (TPSA) is 165 Å². The zero-order valence-electron chi connectivity index (χ0n) is 13.2. The van der Waals surface area contributed by atoms with Crippen molar-refractivity contribution >= 4 is 47.6 Å². The molecule has 2 atom stereocenters. The van der Waals surface area contributed by atoms with Crippen molar-refractivity contribution < 1.29 is 24.6 Å². The summed E-state index contributed by atoms with van der Waals surface area (Å²) < 4.78 is 1.30. The van der Waals surface area contributed by atoms with Crippen LogP contribution in [0.15, 0.2) is 22.5 Å². The number of amides is 1. The molecule has 0 radical (unpaired) electrons. The Bertz CT molecular complexity index is 822. The van der Waals surface area contributed by atoms with Crippen molar-refractivity contribution in [3.63, 3.8) is 0 Å². The molecule has 13 heteroatoms. The Hall–Kier alpha value is -2.38. The van der Waals surface area contributed by atoms with Crippen LogP contribution in [0.4, 0.5) is 0 Å². The Labute approximate surface area is 155 Å². The summed E-state index contributed by atoms with van der Waals surface area (Å²) in [6.45, 7) is 0. The number of hydrogen-bond donors (Lipinski definition) is 3. The maximum absolute atomic E-state index is 11.9. The number of β-lactam (4-membered cyclic amide) rings is 1. The summed E-state index contributed by atoms with van der Waals surface area (Å²) in [6.07, 6.45) is 2.64. The van der Waals surface area contributed by atoms with Gasteiger partial charge in [-0.25, -0.2) is 4.79 Å². The van der Waals surface area contributed by atoms with Crippen LogP contribution in [0.1, 0.15) is 6.42 Å². The van der Waals surface area contributed by atoms with Gasteiger partial charge in [0.2, 0.25) is 11.1 Å². The quantitative estimate of drug-likeness (QED) is 0.392. The summed E-state index contributed by atoms with van der Waals surface area (Å²) in [5.41, 5.74) is 6.25. The Morgan fingerprint density at radius 3 is 2.88 bits per heavy atom. The highest BCUT2D eigenvalue weighted by atomic mass is 32.2. The summed E-state index contributed by atoms with van der Waals surface area (Å²) >= 11 is 2.61. The number of carbonyl (C=O) groups excluding carboxylic acids is 1. The van der Waals surface area contributed by atoms with Gasteiger partial charge in [0.05, 0.1) is 6.42 Å². The highest BCUT2D eigenvalue weighted by Gasteiger charge is 2.51. The average Bonchev–Trinajstić information content (AvgIpc) is 3.05. The van der Waals surface area contributed by atoms with Crippen molar-refractivity contribution in [2.24, 2.45) is 5.73 Å². The lowest BCUT2D eigenvalue weighted by Gasteiger charge is -2.48. The molecule has 1 aromatic rings. The number of nitrogens with two attached hydrogens (primary N) is 1. The highest BCUT2D eigenvalue weighted by molar-refractivity contribution is 8.01. The summed E-state index contributed by atoms with van der Waals surface area (Å²) in [6, 6.07) is -0.671. The van der Waals surface area contributed by atoms with E-state index in [4.69, 9.17) is 10.8 Å². The van der Waals surface area contributed by atoms with Crippen LogP contribution < -0.4 is 5.73 Å². The third-order valence-electron chi connectivity index (χ3n) is 3.67. The van der Waals surface area contributed by atoms with E-state index in [1.807, 2.05) is 0 Å². The molecule has 2 aliphatic heterocycles. The summed E-state index contributed by atoms with van der Waals surface area (Å²) in [5.74, 6) is -1.85. The largest absolute Gasteiger partial charge is 0.481 e. The lowest BCUT2D eigenvalue weighted by molar-refractivity contribution is -0.147. The third-order valence-corrected chi connectivity index (χ3v) is 6.05. The second-order valence-electron chi connectivity index (χ2n) is 5.37. The smallest absolute Gasteiger partial charge is 0.352 e. The lowest BCUT2D eigenvalue weighted by atomic mass is 10.0. The predicted molar refractivity (Wildman–Crippen MR) is 91.9 cm³/mol. The first-order chi connectivity index (χ1) is 12.4. The number of carboxylic acids is 2. The van der Waals surface area contributed by atoms with E-state index in [1.165, 1.54) is 45.4 Å². The standard InChI is InChI=1S/C13H14N6O5S2/c14-8-10(22)19-9(12(23)24)6(4-25-11(8)19)5-26-13-15-16-17-18(13)3-1-2-7(20)21/h1,3,8,11H,2,4-5,14H2,(H,20,21)(H,23,24)/t8?,11-/m0/s1. The Balaban J connectivity index is 1.74. The fraction of sp³-hybridized carbons (Fsp3) is 0.385. The molecule has 1 amide bonds. The Kier molecular flexibility index (Phi) is 5.29. The van der Waals surface area contributed by atoms with E-state index in [0.717, 1.165) is 0 Å². The van der Waals surface area contributed by atoms with Crippen LogP contribution in [0.5, 0.6) is 0 Å². The molecule has 0 saturated carbocycles. The number of carboxylic acid groups (broad SMARTS) is 2. The average molecular weight is 398 g/mol. The fourth-order valence-corrected chi connectivity index (χ4v) is 4.76. The molecule has 3 rings (SSSR count). The fourth-order valence-electron chi connectivity index (χ4n) is 2.47. The van der Waals surface area contributed by atoms with Gasteiger partial charge >= 0.3 is 11.9 Å². The monoisotopic (exact) mass is 398 g/mol. The highest BCUT2D eigenvalue weighted by Crippen LogP contribution is 2.40. The minimum Gasteiger partial charge on any atom is -0.481 e. The van der Waals surface area contributed by atoms with E-state index >= 15 is 0 Å². The molecule has 1 unspecified atom stereocenters. The van der Waals surface area contributed by atoms with E-state index in [1.54, 1.807) is 0 Å². The van der Waals surface area contributed by atoms with Gasteiger partial charge in [-0.05, 0) is 16.0 Å². The van der Waals surface area contributed by atoms with Crippen molar-refractivity contribution in [1.82, 2.24) is 25.1 Å². The molecule has 4 N–H and O–H groups in total. The van der Waals surface area contributed by atoms with E-state index < -0.39 is 23.9 Å². The summed E-state index contributed by atoms with van der Waals surface area (Å²) in [7, 11) is 0. The maximum atomic E-state index is 11.9. The number of fused-ring (bicyclic) bond motifs is 1. The van der Waals surface area contributed by atoms with Gasteiger partial charge < -0.3 is 15.9 Å². The van der Waals surface area contributed by atoms with E-state index in [0.29, 0.717) is 16.5 Å². The number of aromatic nitrogens is 4. The molecule has 1 saturated heterocycles. The molecular weight excluding hydrogens is 384 g/mol. The van der Waals surface area contributed by atoms with Crippen molar-refractivity contribution in [2.45, 2.75) is 23.0 Å². The SMILES string of the molecule is NC1C(=O)N2C(C(=O)O)=C(CSc3nnnn3C=CCC(=O)O)CS[C@@H]12. The zero-order chi connectivity index (χ0) is 18.8. The van der Waals surface area contributed by atoms with Crippen LogP contribution in [0, 0.1) is 0 Å². The van der Waals surface area contributed by atoms with Gasteiger partial charge in [0, 0.05) is 17.7 Å². The normalized spacial score (nSPS) is 22.5. The minimum absolute atomic E-state index is 0.0339. The van der Waals surface area contributed by atoms with E-state index in [2.05, 4.69) is 15.5 Å². The minimum atomic E-state index is -1.17. The molecular formula is C13H14N6O5S2. The third kappa shape index (κ3) is 3.45. The Morgan fingerprint density at radius 2 is 2.19 bits per heavy atom. The van der Waals surface area contributed by atoms with Gasteiger partial charge in [-0.1, -0.05) is 17.8 Å². The van der Waals surface area contributed by atoms with Crippen LogP contribution in [-0.2, 0) is 14.4 Å². The van der Waals surface area contributed by atoms with E-state index in [9.17, 15) is 19.5 Å². The molecule has 0 aliphatic carbocycles. The first-order valence-corrected chi connectivity index (χ1v) is 9.38. The number of thioether (sulfide) groups is 2. The summed E-state index contributed by atoms with van der Waals surface area (Å²) in [4.78, 5) is 35.3. The number of nitrogens with zero attached hydrogens (tertiary/aromatic N) is 5. The van der Waals surface area contributed by atoms with Crippen molar-refractivity contribution in [2.75, 3.05) is 11.5 Å². The molecule has 1 aromatic heterocycles. The van der Waals surface area contributed by atoms with Gasteiger partial charge in [0.1, 0.15) is 17.1 Å². The van der Waals surface area contributed by atoms with E-state index in [-0.39, 0.29) is 23.2 Å². The molecule has 0 aromatic carbocycles. The Morgan fingerprint density at radius 1 is 1.42 bits per heavy atom. The van der Waals surface area contributed by atoms with Crippen LogP contribution in [0.3, 0.4) is 0 Å². The molecule has 138 valence electrons. The second kappa shape index (κ2) is 7.47. The molecule has 1 fully saturated rings. The van der Waals surface area contributed by atoms with Gasteiger partial charge in [0.25, 0.3) is 0 Å². The van der Waals surface area contributed by atoms with Crippen LogP contribution in [-0.4, -0.2) is 76.1 Å². The number of hydrogen-bond acceptors (Lipinski definition) is 9. The second-order valence-corrected chi connectivity index (χ2v) is 7.42. The molecule has 2 aliphatic rings. The number of aliphatic carboxylic acids is 2. The van der Waals surface area contributed by atoms with Gasteiger partial charge in [-0.15, -0.1) is 16.9 Å². The van der Waals surface area contributed by atoms with Gasteiger partial charge in [-0.3, -0.25) is 14.5 Å². The number of tetrazole rings is 1. The molecule has 26 heavy (non-hydrogen) atoms. The lowest BCUT2D eigenvalue weighted by Crippen LogP contribution is -2.68. The summed E-state index contributed by atoms with van der Waals surface area (Å²) in [5, 5.41) is 29.2. The first kappa shape index (κ1) is 18.4. The van der Waals surface area contributed by atoms with Crippen LogP contribution in [0.25, 0.3) is 6.20 Å².